The number of rotatable bonds is 8. The first-order valence-electron chi connectivity index (χ1n) is 21.7. The lowest BCUT2D eigenvalue weighted by molar-refractivity contribution is 0.0960. The van der Waals surface area contributed by atoms with E-state index in [2.05, 4.69) is 51.6 Å². The third-order valence-electron chi connectivity index (χ3n) is 11.6. The predicted octanol–water partition coefficient (Wildman–Crippen LogP) is 8.84. The SMILES string of the molecule is CNC(=O)Nc1ccc2c(c1)C(=O)/C(=C/c1c(-c3c(C)n[nH]c3C)[nH]c3c(F)cc(OC)cc13)O2.CNC(=O)Nc1ccc2c(c1)C(=O)CO2.COc1cc(F)c2[nH]c(-c3c(C)n[nH]c3C)c(C=O)c2c1. The fourth-order valence-electron chi connectivity index (χ4n) is 8.20. The van der Waals surface area contributed by atoms with Gasteiger partial charge in [0.15, 0.2) is 30.3 Å². The number of amides is 4. The highest BCUT2D eigenvalue weighted by Crippen LogP contribution is 2.41. The van der Waals surface area contributed by atoms with Crippen molar-refractivity contribution in [2.24, 2.45) is 0 Å². The van der Waals surface area contributed by atoms with E-state index in [0.29, 0.717) is 84.5 Å². The molecule has 10 rings (SSSR count). The minimum absolute atomic E-state index is 0.0643. The Hall–Kier alpha value is -9.27. The van der Waals surface area contributed by atoms with Crippen LogP contribution in [0.2, 0.25) is 0 Å². The van der Waals surface area contributed by atoms with Crippen LogP contribution in [-0.4, -0.2) is 95.2 Å². The maximum Gasteiger partial charge on any atom is 0.318 e. The number of anilines is 2. The summed E-state index contributed by atoms with van der Waals surface area (Å²) in [6.07, 6.45) is 2.31. The van der Waals surface area contributed by atoms with E-state index in [1.54, 1.807) is 54.6 Å². The van der Waals surface area contributed by atoms with Crippen LogP contribution in [0.1, 0.15) is 59.4 Å². The number of benzene rings is 4. The molecule has 0 aliphatic carbocycles. The third-order valence-corrected chi connectivity index (χ3v) is 11.6. The van der Waals surface area contributed by atoms with Gasteiger partial charge >= 0.3 is 12.1 Å². The van der Waals surface area contributed by atoms with E-state index in [9.17, 15) is 32.8 Å². The number of aromatic amines is 4. The van der Waals surface area contributed by atoms with Crippen LogP contribution >= 0.6 is 0 Å². The van der Waals surface area contributed by atoms with Gasteiger partial charge in [0.1, 0.15) is 23.0 Å². The number of H-pyrrole nitrogens is 4. The van der Waals surface area contributed by atoms with E-state index < -0.39 is 17.7 Å². The van der Waals surface area contributed by atoms with Gasteiger partial charge in [0, 0.05) is 82.0 Å². The van der Waals surface area contributed by atoms with E-state index in [-0.39, 0.29) is 41.0 Å². The number of urea groups is 2. The molecular weight excluding hydrogens is 923 g/mol. The molecule has 0 spiro atoms. The number of nitrogens with zero attached hydrogens (tertiary/aromatic N) is 2. The zero-order valence-electron chi connectivity index (χ0n) is 39.5. The summed E-state index contributed by atoms with van der Waals surface area (Å²) in [6, 6.07) is 15.0. The molecule has 0 bridgehead atoms. The predicted molar refractivity (Wildman–Crippen MR) is 261 cm³/mol. The molecule has 19 nitrogen and oxygen atoms in total. The average molecular weight is 969 g/mol. The highest BCUT2D eigenvalue weighted by Gasteiger charge is 2.30. The Labute approximate surface area is 402 Å². The summed E-state index contributed by atoms with van der Waals surface area (Å²) in [6.45, 7) is 7.47. The number of hydrogen-bond acceptors (Lipinski definition) is 11. The van der Waals surface area contributed by atoms with Crippen LogP contribution in [0.4, 0.5) is 29.7 Å². The van der Waals surface area contributed by atoms with E-state index >= 15 is 0 Å². The number of methoxy groups -OCH3 is 2. The zero-order valence-corrected chi connectivity index (χ0v) is 39.5. The Bertz CT molecular complexity index is 3460. The van der Waals surface area contributed by atoms with Gasteiger partial charge in [-0.1, -0.05) is 0 Å². The summed E-state index contributed by atoms with van der Waals surface area (Å²) in [5.41, 5.74) is 9.14. The average Bonchev–Trinajstić information content (AvgIpc) is 4.22. The number of aryl methyl sites for hydroxylation is 4. The summed E-state index contributed by atoms with van der Waals surface area (Å²) in [4.78, 5) is 64.9. The zero-order chi connectivity index (χ0) is 50.8. The summed E-state index contributed by atoms with van der Waals surface area (Å²) >= 11 is 0. The van der Waals surface area contributed by atoms with Crippen LogP contribution in [-0.2, 0) is 0 Å². The summed E-state index contributed by atoms with van der Waals surface area (Å²) < 4.78 is 50.4. The monoisotopic (exact) mass is 968 g/mol. The van der Waals surface area contributed by atoms with Gasteiger partial charge in [-0.25, -0.2) is 18.4 Å². The molecule has 6 heterocycles. The Kier molecular flexibility index (Phi) is 13.4. The van der Waals surface area contributed by atoms with E-state index in [4.69, 9.17) is 18.9 Å². The van der Waals surface area contributed by atoms with Crippen molar-refractivity contribution in [3.05, 3.63) is 123 Å². The molecule has 2 aliphatic heterocycles. The van der Waals surface area contributed by atoms with Crippen molar-refractivity contribution in [1.29, 1.82) is 0 Å². The first kappa shape index (κ1) is 48.2. The Morgan fingerprint density at radius 2 is 1.18 bits per heavy atom. The lowest BCUT2D eigenvalue weighted by Crippen LogP contribution is -2.24. The number of carbonyl (C=O) groups is 5. The van der Waals surface area contributed by atoms with Crippen LogP contribution in [0.5, 0.6) is 23.0 Å². The van der Waals surface area contributed by atoms with Gasteiger partial charge in [0.25, 0.3) is 0 Å². The number of nitrogens with one attached hydrogen (secondary N) is 8. The van der Waals surface area contributed by atoms with Gasteiger partial charge in [-0.2, -0.15) is 10.2 Å². The van der Waals surface area contributed by atoms with Crippen LogP contribution in [0, 0.1) is 39.3 Å². The minimum Gasteiger partial charge on any atom is -0.497 e. The van der Waals surface area contributed by atoms with E-state index in [1.807, 2.05) is 27.7 Å². The van der Waals surface area contributed by atoms with Crippen molar-refractivity contribution < 1.29 is 51.7 Å². The van der Waals surface area contributed by atoms with Crippen molar-refractivity contribution >= 4 is 69.2 Å². The molecule has 0 saturated heterocycles. The molecular formula is C50H46F2N10O9. The molecule has 4 amide bonds. The molecule has 8 N–H and O–H groups in total. The number of halogens is 2. The molecule has 0 saturated carbocycles. The molecule has 0 fully saturated rings. The molecule has 4 aromatic heterocycles. The fraction of sp³-hybridized carbons (Fsp3) is 0.180. The number of aromatic nitrogens is 6. The Morgan fingerprint density at radius 1 is 0.690 bits per heavy atom. The number of Topliss-reactive ketones (excluding diaryl/α,β-unsaturated/α-hetero) is 2. The number of hydrogen-bond donors (Lipinski definition) is 8. The van der Waals surface area contributed by atoms with Crippen LogP contribution in [0.3, 0.4) is 0 Å². The molecule has 71 heavy (non-hydrogen) atoms. The molecule has 2 aliphatic rings. The van der Waals surface area contributed by atoms with Crippen LogP contribution in [0.25, 0.3) is 50.4 Å². The van der Waals surface area contributed by atoms with Gasteiger partial charge in [-0.15, -0.1) is 0 Å². The Balaban J connectivity index is 0.000000159. The molecule has 0 atom stereocenters. The highest BCUT2D eigenvalue weighted by atomic mass is 19.1. The fourth-order valence-corrected chi connectivity index (χ4v) is 8.20. The molecule has 364 valence electrons. The van der Waals surface area contributed by atoms with Crippen molar-refractivity contribution in [2.75, 3.05) is 45.6 Å². The molecule has 0 unspecified atom stereocenters. The van der Waals surface area contributed by atoms with Gasteiger partial charge < -0.3 is 50.2 Å². The topological polar surface area (TPSA) is 259 Å². The largest absolute Gasteiger partial charge is 0.497 e. The lowest BCUT2D eigenvalue weighted by Gasteiger charge is -2.05. The number of ketones is 2. The molecule has 4 aromatic carbocycles. The number of carbonyl (C=O) groups excluding carboxylic acids is 5. The number of allylic oxidation sites excluding steroid dienone is 1. The van der Waals surface area contributed by atoms with Crippen molar-refractivity contribution in [3.63, 3.8) is 0 Å². The number of ether oxygens (including phenoxy) is 4. The quantitative estimate of drug-likeness (QED) is 0.0527. The smallest absolute Gasteiger partial charge is 0.318 e. The van der Waals surface area contributed by atoms with Crippen LogP contribution < -0.4 is 40.2 Å². The third kappa shape index (κ3) is 9.34. The second-order valence-corrected chi connectivity index (χ2v) is 16.1. The normalized spacial score (nSPS) is 12.8. The summed E-state index contributed by atoms with van der Waals surface area (Å²) in [5, 5.41) is 25.3. The van der Waals surface area contributed by atoms with Gasteiger partial charge in [-0.05, 0) is 82.3 Å². The van der Waals surface area contributed by atoms with Crippen LogP contribution in [0.15, 0.2) is 66.4 Å². The molecule has 0 radical (unpaired) electrons. The number of aldehydes is 1. The first-order valence-corrected chi connectivity index (χ1v) is 21.7. The summed E-state index contributed by atoms with van der Waals surface area (Å²) in [5.74, 6) is 0.346. The van der Waals surface area contributed by atoms with Gasteiger partial charge in [0.2, 0.25) is 11.6 Å². The van der Waals surface area contributed by atoms with Crippen molar-refractivity contribution in [2.45, 2.75) is 27.7 Å². The first-order chi connectivity index (χ1) is 34.1. The van der Waals surface area contributed by atoms with Crippen molar-refractivity contribution in [1.82, 2.24) is 41.0 Å². The maximum atomic E-state index is 15.0. The summed E-state index contributed by atoms with van der Waals surface area (Å²) in [7, 11) is 5.94. The highest BCUT2D eigenvalue weighted by molar-refractivity contribution is 6.16. The lowest BCUT2D eigenvalue weighted by atomic mass is 10.0. The van der Waals surface area contributed by atoms with Gasteiger partial charge in [0.05, 0.1) is 59.2 Å². The standard InChI is InChI=1S/C25H22FN5O4.C15H14FN3O2.C10H10N2O3/c1-11-21(12(2)31-30-11)23-16(15-8-14(34-4)9-18(26)22(15)29-23)10-20-24(32)17-7-13(28-25(33)27-3)5-6-19(17)35-20;1-7-13(8(2)19-18-7)15-11(6-20)10-4-9(21-3)5-12(16)14(10)17-15;1-11-10(14)12-6-2-3-9-7(4-6)8(13)5-15-9/h5-10,29H,1-4H3,(H,30,31)(H2,27,28,33);4-6,17H,1-3H3,(H,18,19);2-4H,5H2,1H3,(H2,11,12,14)/b20-10-;;. The van der Waals surface area contributed by atoms with E-state index in [1.165, 1.54) is 40.4 Å². The van der Waals surface area contributed by atoms with Crippen molar-refractivity contribution in [3.8, 4) is 45.5 Å². The second kappa shape index (κ2) is 19.8. The maximum absolute atomic E-state index is 15.0. The molecule has 8 aromatic rings. The van der Waals surface area contributed by atoms with Gasteiger partial charge in [-0.3, -0.25) is 24.6 Å². The Morgan fingerprint density at radius 3 is 1.66 bits per heavy atom. The second-order valence-electron chi connectivity index (χ2n) is 16.1. The minimum atomic E-state index is -0.490. The number of fused-ring (bicyclic) bond motifs is 4. The van der Waals surface area contributed by atoms with E-state index in [0.717, 1.165) is 34.5 Å². The molecule has 21 heteroatoms.